The summed E-state index contributed by atoms with van der Waals surface area (Å²) in [6.45, 7) is 5.10. The number of amides is 1. The van der Waals surface area contributed by atoms with E-state index in [-0.39, 0.29) is 24.0 Å². The number of carbonyl (C=O) groups excluding carboxylic acids is 1. The molecule has 1 atom stereocenters. The van der Waals surface area contributed by atoms with Crippen LogP contribution >= 0.6 is 0 Å². The van der Waals surface area contributed by atoms with Gasteiger partial charge in [-0.15, -0.1) is 0 Å². The van der Waals surface area contributed by atoms with Crippen molar-refractivity contribution in [3.63, 3.8) is 0 Å². The summed E-state index contributed by atoms with van der Waals surface area (Å²) < 4.78 is 0. The average Bonchev–Trinajstić information content (AvgIpc) is 2.63. The third kappa shape index (κ3) is 3.29. The zero-order valence-corrected chi connectivity index (χ0v) is 14.1. The highest BCUT2D eigenvalue weighted by Crippen LogP contribution is 2.36. The molecule has 4 heteroatoms. The Hall–Kier alpha value is -1.39. The van der Waals surface area contributed by atoms with Crippen LogP contribution in [0.4, 0.5) is 5.69 Å². The van der Waals surface area contributed by atoms with Gasteiger partial charge in [0.2, 0.25) is 5.91 Å². The SMILES string of the molecule is CCC1(CO)CCN(C2CCCN(c3ccccc3)C2=O)CC1. The van der Waals surface area contributed by atoms with Gasteiger partial charge in [0.15, 0.2) is 0 Å². The van der Waals surface area contributed by atoms with Gasteiger partial charge in [-0.2, -0.15) is 0 Å². The topological polar surface area (TPSA) is 43.8 Å². The maximum Gasteiger partial charge on any atom is 0.244 e. The number of hydrogen-bond donors (Lipinski definition) is 1. The highest BCUT2D eigenvalue weighted by atomic mass is 16.3. The standard InChI is InChI=1S/C19H28N2O2/c1-2-19(15-22)10-13-20(14-11-19)17-9-6-12-21(18(17)23)16-7-4-3-5-8-16/h3-5,7-8,17,22H,2,6,9-15H2,1H3. The molecule has 1 unspecified atom stereocenters. The summed E-state index contributed by atoms with van der Waals surface area (Å²) in [7, 11) is 0. The van der Waals surface area contributed by atoms with Crippen LogP contribution in [0.2, 0.25) is 0 Å². The smallest absolute Gasteiger partial charge is 0.244 e. The number of hydrogen-bond acceptors (Lipinski definition) is 3. The number of rotatable bonds is 4. The fourth-order valence-corrected chi connectivity index (χ4v) is 3.99. The van der Waals surface area contributed by atoms with Gasteiger partial charge < -0.3 is 10.0 Å². The van der Waals surface area contributed by atoms with Crippen LogP contribution in [0, 0.1) is 5.41 Å². The Morgan fingerprint density at radius 1 is 1.17 bits per heavy atom. The molecule has 23 heavy (non-hydrogen) atoms. The molecular formula is C19H28N2O2. The Balaban J connectivity index is 1.68. The van der Waals surface area contributed by atoms with Gasteiger partial charge in [-0.1, -0.05) is 25.1 Å². The number of likely N-dealkylation sites (tertiary alicyclic amines) is 1. The van der Waals surface area contributed by atoms with E-state index in [1.807, 2.05) is 35.2 Å². The zero-order valence-electron chi connectivity index (χ0n) is 14.1. The zero-order chi connectivity index (χ0) is 16.3. The predicted molar refractivity (Wildman–Crippen MR) is 92.4 cm³/mol. The molecule has 2 heterocycles. The van der Waals surface area contributed by atoms with Gasteiger partial charge in [0, 0.05) is 18.8 Å². The lowest BCUT2D eigenvalue weighted by atomic mass is 9.76. The number of carbonyl (C=O) groups is 1. The highest BCUT2D eigenvalue weighted by Gasteiger charge is 2.39. The highest BCUT2D eigenvalue weighted by molar-refractivity contribution is 5.97. The van der Waals surface area contributed by atoms with Crippen molar-refractivity contribution < 1.29 is 9.90 Å². The molecule has 4 nitrogen and oxygen atoms in total. The van der Waals surface area contributed by atoms with Crippen LogP contribution in [0.3, 0.4) is 0 Å². The molecule has 0 bridgehead atoms. The summed E-state index contributed by atoms with van der Waals surface area (Å²) in [5.74, 6) is 0.246. The largest absolute Gasteiger partial charge is 0.396 e. The van der Waals surface area contributed by atoms with Crippen LogP contribution in [-0.2, 0) is 4.79 Å². The molecule has 2 aliphatic rings. The van der Waals surface area contributed by atoms with E-state index >= 15 is 0 Å². The normalized spacial score (nSPS) is 25.6. The summed E-state index contributed by atoms with van der Waals surface area (Å²) in [6, 6.07) is 10.0. The Labute approximate surface area is 139 Å². The van der Waals surface area contributed by atoms with Gasteiger partial charge in [-0.3, -0.25) is 9.69 Å². The Kier molecular flexibility index (Phi) is 5.02. The fraction of sp³-hybridized carbons (Fsp3) is 0.632. The van der Waals surface area contributed by atoms with E-state index in [1.54, 1.807) is 0 Å². The van der Waals surface area contributed by atoms with E-state index < -0.39 is 0 Å². The van der Waals surface area contributed by atoms with E-state index in [9.17, 15) is 9.90 Å². The number of aliphatic hydroxyl groups is 1. The maximum atomic E-state index is 13.0. The molecule has 0 spiro atoms. The molecule has 1 amide bonds. The monoisotopic (exact) mass is 316 g/mol. The van der Waals surface area contributed by atoms with E-state index in [0.29, 0.717) is 0 Å². The predicted octanol–water partition coefficient (Wildman–Crippen LogP) is 2.67. The van der Waals surface area contributed by atoms with Crippen molar-refractivity contribution in [3.05, 3.63) is 30.3 Å². The minimum absolute atomic E-state index is 0.0116. The van der Waals surface area contributed by atoms with Crippen molar-refractivity contribution in [2.75, 3.05) is 31.1 Å². The average molecular weight is 316 g/mol. The molecular weight excluding hydrogens is 288 g/mol. The second kappa shape index (κ2) is 7.02. The third-order valence-corrected chi connectivity index (χ3v) is 5.86. The van der Waals surface area contributed by atoms with Gasteiger partial charge in [-0.05, 0) is 62.7 Å². The number of piperidine rings is 2. The number of para-hydroxylation sites is 1. The van der Waals surface area contributed by atoms with Crippen LogP contribution in [0.15, 0.2) is 30.3 Å². The van der Waals surface area contributed by atoms with Gasteiger partial charge in [0.25, 0.3) is 0 Å². The molecule has 2 fully saturated rings. The van der Waals surface area contributed by atoms with Crippen LogP contribution in [0.1, 0.15) is 39.0 Å². The van der Waals surface area contributed by atoms with Crippen molar-refractivity contribution in [2.45, 2.75) is 45.1 Å². The van der Waals surface area contributed by atoms with Gasteiger partial charge >= 0.3 is 0 Å². The van der Waals surface area contributed by atoms with Crippen LogP contribution in [-0.4, -0.2) is 48.2 Å². The summed E-state index contributed by atoms with van der Waals surface area (Å²) in [5, 5.41) is 9.69. The van der Waals surface area contributed by atoms with Crippen molar-refractivity contribution in [1.82, 2.24) is 4.90 Å². The first kappa shape index (κ1) is 16.5. The summed E-state index contributed by atoms with van der Waals surface area (Å²) >= 11 is 0. The first-order chi connectivity index (χ1) is 11.2. The number of nitrogens with zero attached hydrogens (tertiary/aromatic N) is 2. The molecule has 0 aromatic heterocycles. The summed E-state index contributed by atoms with van der Waals surface area (Å²) in [4.78, 5) is 17.3. The minimum atomic E-state index is 0.0116. The van der Waals surface area contributed by atoms with Crippen molar-refractivity contribution in [1.29, 1.82) is 0 Å². The van der Waals surface area contributed by atoms with Crippen molar-refractivity contribution in [2.24, 2.45) is 5.41 Å². The Bertz CT molecular complexity index is 517. The summed E-state index contributed by atoms with van der Waals surface area (Å²) in [5.41, 5.74) is 1.09. The molecule has 0 aliphatic carbocycles. The van der Waals surface area contributed by atoms with Crippen LogP contribution < -0.4 is 4.90 Å². The van der Waals surface area contributed by atoms with Crippen LogP contribution in [0.5, 0.6) is 0 Å². The first-order valence-electron chi connectivity index (χ1n) is 8.90. The Morgan fingerprint density at radius 3 is 2.48 bits per heavy atom. The molecule has 0 saturated carbocycles. The summed E-state index contributed by atoms with van der Waals surface area (Å²) in [6.07, 6.45) is 5.03. The third-order valence-electron chi connectivity index (χ3n) is 5.86. The lowest BCUT2D eigenvalue weighted by molar-refractivity contribution is -0.126. The van der Waals surface area contributed by atoms with Gasteiger partial charge in [-0.25, -0.2) is 0 Å². The quantitative estimate of drug-likeness (QED) is 0.929. The first-order valence-corrected chi connectivity index (χ1v) is 8.90. The minimum Gasteiger partial charge on any atom is -0.396 e. The molecule has 1 aromatic rings. The van der Waals surface area contributed by atoms with Crippen LogP contribution in [0.25, 0.3) is 0 Å². The molecule has 2 saturated heterocycles. The molecule has 3 rings (SSSR count). The molecule has 126 valence electrons. The van der Waals surface area contributed by atoms with E-state index in [4.69, 9.17) is 0 Å². The Morgan fingerprint density at radius 2 is 1.87 bits per heavy atom. The lowest BCUT2D eigenvalue weighted by Gasteiger charge is -2.45. The second-order valence-corrected chi connectivity index (χ2v) is 7.03. The second-order valence-electron chi connectivity index (χ2n) is 7.03. The van der Waals surface area contributed by atoms with Crippen molar-refractivity contribution in [3.8, 4) is 0 Å². The van der Waals surface area contributed by atoms with E-state index in [0.717, 1.165) is 57.4 Å². The lowest BCUT2D eigenvalue weighted by Crippen LogP contribution is -2.55. The van der Waals surface area contributed by atoms with E-state index in [1.165, 1.54) is 0 Å². The fourth-order valence-electron chi connectivity index (χ4n) is 3.99. The molecule has 2 aliphatic heterocycles. The van der Waals surface area contributed by atoms with Gasteiger partial charge in [0.05, 0.1) is 6.04 Å². The van der Waals surface area contributed by atoms with E-state index in [2.05, 4.69) is 11.8 Å². The number of benzene rings is 1. The van der Waals surface area contributed by atoms with Crippen molar-refractivity contribution >= 4 is 11.6 Å². The maximum absolute atomic E-state index is 13.0. The number of aliphatic hydroxyl groups excluding tert-OH is 1. The number of anilines is 1. The molecule has 1 N–H and O–H groups in total. The van der Waals surface area contributed by atoms with Gasteiger partial charge in [0.1, 0.15) is 0 Å². The molecule has 0 radical (unpaired) electrons. The molecule has 1 aromatic carbocycles.